The molecule has 26 heteroatoms. The van der Waals surface area contributed by atoms with Crippen LogP contribution in [0.1, 0.15) is 153 Å². The number of carbonyl (C=O) groups excluding carboxylic acids is 8. The average molecular weight is 1210 g/mol. The first-order chi connectivity index (χ1) is 37.2. The second kappa shape index (κ2) is 37.6. The molecule has 0 radical (unpaired) electrons. The van der Waals surface area contributed by atoms with Crippen molar-refractivity contribution in [3.63, 3.8) is 0 Å². The zero-order valence-corrected chi connectivity index (χ0v) is 47.9. The van der Waals surface area contributed by atoms with Crippen LogP contribution in [-0.2, 0) is 67.1 Å². The Morgan fingerprint density at radius 1 is 0.564 bits per heavy atom. The molecule has 1 aliphatic rings. The number of benzene rings is 1. The van der Waals surface area contributed by atoms with E-state index in [-0.39, 0.29) is 77.4 Å². The van der Waals surface area contributed by atoms with E-state index in [2.05, 4.69) is 59.5 Å². The molecule has 25 nitrogen and oxygen atoms in total. The van der Waals surface area contributed by atoms with Crippen LogP contribution in [0.15, 0.2) is 24.3 Å². The molecule has 1 heterocycles. The van der Waals surface area contributed by atoms with Gasteiger partial charge in [0.1, 0.15) is 18.1 Å². The Kier molecular flexibility index (Phi) is 32.7. The van der Waals surface area contributed by atoms with Gasteiger partial charge in [-0.15, -0.1) is 5.06 Å². The molecule has 0 saturated carbocycles. The number of carbonyl (C=O) groups is 12. The first-order valence-corrected chi connectivity index (χ1v) is 34.3. The van der Waals surface area contributed by atoms with E-state index in [0.29, 0.717) is 17.0 Å². The molecule has 4 atom stereocenters. The average Bonchev–Trinajstić information content (AvgIpc) is 3.72. The molecule has 0 unspecified atom stereocenters. The maximum atomic E-state index is 13.7. The number of carboxylic acid groups (broad SMARTS) is 4. The zero-order valence-electron chi connectivity index (χ0n) is 45.1. The normalized spacial score (nSPS) is 13.9. The van der Waals surface area contributed by atoms with Gasteiger partial charge in [-0.3, -0.25) is 43.2 Å². The number of nitrogens with zero attached hydrogens (tertiary/aromatic N) is 1. The number of nitrogens with one attached hydrogen (secondary N) is 5. The molecule has 2 rings (SSSR count). The predicted octanol–water partition coefficient (Wildman–Crippen LogP) is 2.68. The number of amides is 7. The molecule has 0 bridgehead atoms. The van der Waals surface area contributed by atoms with Crippen molar-refractivity contribution < 1.29 is 92.3 Å². The van der Waals surface area contributed by atoms with Crippen LogP contribution in [0.4, 0.5) is 0 Å². The molecule has 1 aromatic rings. The standard InChI is InChI=1S/C40H53N6O19.3C4H9.Sn/c47-29(17-20-63-22-23-64-21-18-35(56)65-46-30(48)12-13-31(46)49)42-25(9-14-32(50)51)37(58)43-26(10-15-33(52)53)38(59)44-27(11-16-34(54)55)39(60)45-28(40(61)62)8-4-5-19-41-36(57)24-6-2-1-3-7-24;3*1-3-4-2;/h1-2,6-7,25-28H,4-5,8-23H2,(H,41,57)(H,42,47)(H,43,58)(H,44,59)(H,45,60)(H,50,51)(H,52,53)(H,54,55)(H,61,62);3*1,3-4H2,2H3;/t25-,26-,27-,28-;;;;/m1..../s1. The van der Waals surface area contributed by atoms with E-state index in [1.54, 1.807) is 6.07 Å². The van der Waals surface area contributed by atoms with Gasteiger partial charge in [0, 0.05) is 38.5 Å². The number of ether oxygens (including phenoxy) is 2. The monoisotopic (exact) mass is 1210 g/mol. The van der Waals surface area contributed by atoms with Gasteiger partial charge in [-0.05, 0) is 19.3 Å². The molecule has 7 amide bonds. The van der Waals surface area contributed by atoms with Crippen LogP contribution < -0.4 is 30.2 Å². The number of hydrogen-bond acceptors (Lipinski definition) is 15. The van der Waals surface area contributed by atoms with E-state index in [9.17, 15) is 78.0 Å². The Bertz CT molecular complexity index is 2160. The van der Waals surface area contributed by atoms with E-state index in [1.807, 2.05) is 6.07 Å². The van der Waals surface area contributed by atoms with Crippen LogP contribution in [0, 0.1) is 0 Å². The summed E-state index contributed by atoms with van der Waals surface area (Å²) in [5.41, 5.74) is 0.564. The van der Waals surface area contributed by atoms with Crippen LogP contribution >= 0.6 is 0 Å². The second-order valence-electron chi connectivity index (χ2n) is 19.1. The van der Waals surface area contributed by atoms with Crippen molar-refractivity contribution in [1.82, 2.24) is 31.6 Å². The number of carboxylic acids is 4. The summed E-state index contributed by atoms with van der Waals surface area (Å²) in [6, 6.07) is 1.46. The van der Waals surface area contributed by atoms with Crippen LogP contribution in [-0.4, -0.2) is 172 Å². The van der Waals surface area contributed by atoms with Gasteiger partial charge >= 0.3 is 223 Å². The summed E-state index contributed by atoms with van der Waals surface area (Å²) in [5.74, 6) is -12.1. The Balaban J connectivity index is 2.04. The Morgan fingerprint density at radius 2 is 1.03 bits per heavy atom. The summed E-state index contributed by atoms with van der Waals surface area (Å²) >= 11 is -2.83. The zero-order chi connectivity index (χ0) is 58.0. The minimum absolute atomic E-state index is 0.0444. The summed E-state index contributed by atoms with van der Waals surface area (Å²) in [7, 11) is 0. The quantitative estimate of drug-likeness (QED) is 0.0258. The summed E-state index contributed by atoms with van der Waals surface area (Å²) < 4.78 is 15.7. The first kappa shape index (κ1) is 67.9. The van der Waals surface area contributed by atoms with Crippen LogP contribution in [0.3, 0.4) is 0 Å². The summed E-state index contributed by atoms with van der Waals surface area (Å²) in [6.45, 7) is 6.34. The van der Waals surface area contributed by atoms with Crippen molar-refractivity contribution in [2.24, 2.45) is 0 Å². The van der Waals surface area contributed by atoms with Gasteiger partial charge in [-0.25, -0.2) is 4.79 Å². The molecule has 1 fully saturated rings. The molecular weight excluding hydrogens is 1130 g/mol. The van der Waals surface area contributed by atoms with Gasteiger partial charge < -0.3 is 45.6 Å². The third kappa shape index (κ3) is 26.4. The number of unbranched alkanes of at least 4 members (excludes halogenated alkanes) is 4. The molecule has 1 aliphatic heterocycles. The van der Waals surface area contributed by atoms with E-state index < -0.39 is 146 Å². The summed E-state index contributed by atoms with van der Waals surface area (Å²) in [6.07, 6.45) is 2.84. The van der Waals surface area contributed by atoms with E-state index in [0.717, 1.165) is 19.3 Å². The summed E-state index contributed by atoms with van der Waals surface area (Å²) in [5, 5.41) is 50.8. The maximum absolute atomic E-state index is 13.7. The van der Waals surface area contributed by atoms with Gasteiger partial charge in [0.05, 0.1) is 32.8 Å². The Hall–Kier alpha value is -6.22. The number of aliphatic carboxylic acids is 4. The van der Waals surface area contributed by atoms with Gasteiger partial charge in [-0.1, -0.05) is 0 Å². The van der Waals surface area contributed by atoms with Crippen molar-refractivity contribution in [3.8, 4) is 0 Å². The van der Waals surface area contributed by atoms with Crippen molar-refractivity contribution >= 4 is 93.2 Å². The molecule has 1 aromatic carbocycles. The summed E-state index contributed by atoms with van der Waals surface area (Å²) in [4.78, 5) is 154. The first-order valence-electron chi connectivity index (χ1n) is 26.9. The molecule has 9 N–H and O–H groups in total. The fourth-order valence-corrected chi connectivity index (χ4v) is 24.6. The molecule has 436 valence electrons. The van der Waals surface area contributed by atoms with E-state index in [1.165, 1.54) is 36.2 Å². The second-order valence-corrected chi connectivity index (χ2v) is 32.4. The van der Waals surface area contributed by atoms with Crippen molar-refractivity contribution in [2.75, 3.05) is 33.0 Å². The third-order valence-electron chi connectivity index (χ3n) is 12.9. The Morgan fingerprint density at radius 3 is 1.49 bits per heavy atom. The van der Waals surface area contributed by atoms with Crippen LogP contribution in [0.5, 0.6) is 0 Å². The van der Waals surface area contributed by atoms with Crippen molar-refractivity contribution in [3.05, 3.63) is 29.8 Å². The molecule has 1 saturated heterocycles. The van der Waals surface area contributed by atoms with Gasteiger partial charge in [0.2, 0.25) is 17.7 Å². The van der Waals surface area contributed by atoms with Gasteiger partial charge in [-0.2, -0.15) is 0 Å². The SMILES string of the molecule is CCC[CH2][Sn]([CH2]CCC)([CH2]CCC)[c]1cccc(C(=O)NCCCC[C@@H](NC(=O)[C@@H](CCC(=O)O)NC(=O)[C@@H](CCC(=O)O)NC(=O)[C@@H](CCC(=O)O)NC(=O)CCOCCOCCC(=O)ON2C(=O)CCC2=O)C(=O)O)c1. The van der Waals surface area contributed by atoms with E-state index in [4.69, 9.17) is 14.3 Å². The van der Waals surface area contributed by atoms with Crippen molar-refractivity contribution in [1.29, 1.82) is 0 Å². The fourth-order valence-electron chi connectivity index (χ4n) is 8.52. The molecule has 0 aliphatic carbocycles. The number of hydrogen-bond donors (Lipinski definition) is 9. The predicted molar refractivity (Wildman–Crippen MR) is 281 cm³/mol. The van der Waals surface area contributed by atoms with Crippen LogP contribution in [0.25, 0.3) is 0 Å². The topological polar surface area (TPSA) is 377 Å². The minimum atomic E-state index is -2.83. The molecule has 78 heavy (non-hydrogen) atoms. The van der Waals surface area contributed by atoms with Crippen LogP contribution in [0.2, 0.25) is 13.3 Å². The van der Waals surface area contributed by atoms with E-state index >= 15 is 0 Å². The fraction of sp³-hybridized carbons (Fsp3) is 0.654. The number of rotatable bonds is 43. The molecule has 0 aromatic heterocycles. The third-order valence-corrected chi connectivity index (χ3v) is 28.5. The molecular formula is C52H80N6O19Sn. The van der Waals surface area contributed by atoms with Crippen molar-refractivity contribution in [2.45, 2.75) is 180 Å². The number of hydroxylamine groups is 2. The van der Waals surface area contributed by atoms with Gasteiger partial charge in [0.25, 0.3) is 11.8 Å². The molecule has 0 spiro atoms. The Labute approximate surface area is 458 Å². The number of imide groups is 1. The van der Waals surface area contributed by atoms with Gasteiger partial charge in [0.15, 0.2) is 0 Å².